The van der Waals surface area contributed by atoms with Crippen molar-refractivity contribution in [1.82, 2.24) is 4.57 Å². The van der Waals surface area contributed by atoms with E-state index in [1.807, 2.05) is 37.3 Å². The highest BCUT2D eigenvalue weighted by atomic mass is 16.5. The van der Waals surface area contributed by atoms with Crippen molar-refractivity contribution in [1.29, 1.82) is 0 Å². The summed E-state index contributed by atoms with van der Waals surface area (Å²) in [6.45, 7) is 4.05. The van der Waals surface area contributed by atoms with Gasteiger partial charge >= 0.3 is 5.97 Å². The van der Waals surface area contributed by atoms with E-state index in [2.05, 4.69) is 4.57 Å². The highest BCUT2D eigenvalue weighted by molar-refractivity contribution is 5.93. The molecule has 6 heteroatoms. The topological polar surface area (TPSA) is 94.6 Å². The van der Waals surface area contributed by atoms with E-state index in [0.29, 0.717) is 18.6 Å². The first-order valence-electron chi connectivity index (χ1n) is 9.47. The Bertz CT molecular complexity index is 1040. The highest BCUT2D eigenvalue weighted by Gasteiger charge is 2.16. The Morgan fingerprint density at radius 3 is 2.41 bits per heavy atom. The first-order valence-corrected chi connectivity index (χ1v) is 9.47. The van der Waals surface area contributed by atoms with Gasteiger partial charge in [-0.3, -0.25) is 9.59 Å². The van der Waals surface area contributed by atoms with Gasteiger partial charge in [-0.25, -0.2) is 0 Å². The number of amides is 1. The standard InChI is InChI=1S/C23H24N2O4/c1-3-29-22(27)13-8-18-7-12-21(16-4-9-19(26)10-5-16)25(18)20-11-6-17(23(24)28)14-15(20)2/h4-7,9-12,14,26H,3,8,13H2,1-2H3,(H2,24,28). The Morgan fingerprint density at radius 2 is 1.79 bits per heavy atom. The number of benzene rings is 2. The maximum atomic E-state index is 11.9. The van der Waals surface area contributed by atoms with E-state index in [9.17, 15) is 14.7 Å². The summed E-state index contributed by atoms with van der Waals surface area (Å²) in [5, 5.41) is 9.62. The summed E-state index contributed by atoms with van der Waals surface area (Å²) in [7, 11) is 0. The van der Waals surface area contributed by atoms with Crippen molar-refractivity contribution in [3.63, 3.8) is 0 Å². The van der Waals surface area contributed by atoms with Gasteiger partial charge in [0.2, 0.25) is 5.91 Å². The monoisotopic (exact) mass is 392 g/mol. The molecule has 1 amide bonds. The van der Waals surface area contributed by atoms with Gasteiger partial charge in [0, 0.05) is 16.9 Å². The highest BCUT2D eigenvalue weighted by Crippen LogP contribution is 2.30. The molecule has 1 heterocycles. The Morgan fingerprint density at radius 1 is 1.07 bits per heavy atom. The molecular formula is C23H24N2O4. The fourth-order valence-corrected chi connectivity index (χ4v) is 3.34. The van der Waals surface area contributed by atoms with Crippen LogP contribution in [0, 0.1) is 6.92 Å². The molecule has 0 aliphatic heterocycles. The Hall–Kier alpha value is -3.54. The molecule has 3 aromatic rings. The van der Waals surface area contributed by atoms with Crippen molar-refractivity contribution >= 4 is 11.9 Å². The molecule has 0 atom stereocenters. The minimum Gasteiger partial charge on any atom is -0.508 e. The molecule has 0 aliphatic carbocycles. The van der Waals surface area contributed by atoms with E-state index in [4.69, 9.17) is 10.5 Å². The Balaban J connectivity index is 2.08. The number of nitrogens with two attached hydrogens (primary N) is 1. The van der Waals surface area contributed by atoms with Crippen LogP contribution in [0.5, 0.6) is 5.75 Å². The van der Waals surface area contributed by atoms with Crippen LogP contribution < -0.4 is 5.73 Å². The lowest BCUT2D eigenvalue weighted by Crippen LogP contribution is -2.12. The SMILES string of the molecule is CCOC(=O)CCc1ccc(-c2ccc(O)cc2)n1-c1ccc(C(N)=O)cc1C. The summed E-state index contributed by atoms with van der Waals surface area (Å²) in [5.74, 6) is -0.530. The number of aromatic hydroxyl groups is 1. The van der Waals surface area contributed by atoms with Crippen molar-refractivity contribution in [2.75, 3.05) is 6.61 Å². The van der Waals surface area contributed by atoms with Gasteiger partial charge < -0.3 is 20.1 Å². The number of nitrogens with zero attached hydrogens (tertiary/aromatic N) is 1. The van der Waals surface area contributed by atoms with Crippen LogP contribution in [0.25, 0.3) is 16.9 Å². The van der Waals surface area contributed by atoms with Gasteiger partial charge in [0.05, 0.1) is 18.7 Å². The van der Waals surface area contributed by atoms with E-state index in [-0.39, 0.29) is 18.1 Å². The average Bonchev–Trinajstić information content (AvgIpc) is 3.10. The first-order chi connectivity index (χ1) is 13.9. The predicted molar refractivity (Wildman–Crippen MR) is 111 cm³/mol. The molecule has 0 saturated carbocycles. The van der Waals surface area contributed by atoms with Crippen molar-refractivity contribution < 1.29 is 19.4 Å². The third kappa shape index (κ3) is 4.48. The lowest BCUT2D eigenvalue weighted by molar-refractivity contribution is -0.143. The zero-order valence-corrected chi connectivity index (χ0v) is 16.5. The van der Waals surface area contributed by atoms with Crippen molar-refractivity contribution in [3.8, 4) is 22.7 Å². The first kappa shape index (κ1) is 20.2. The molecule has 2 aromatic carbocycles. The van der Waals surface area contributed by atoms with Crippen molar-refractivity contribution in [2.24, 2.45) is 5.73 Å². The molecule has 0 spiro atoms. The van der Waals surface area contributed by atoms with Crippen LogP contribution in [-0.4, -0.2) is 28.2 Å². The third-order valence-electron chi connectivity index (χ3n) is 4.74. The summed E-state index contributed by atoms with van der Waals surface area (Å²) in [4.78, 5) is 23.4. The number of hydrogen-bond acceptors (Lipinski definition) is 4. The van der Waals surface area contributed by atoms with Crippen LogP contribution in [0.2, 0.25) is 0 Å². The minimum atomic E-state index is -0.478. The average molecular weight is 392 g/mol. The summed E-state index contributed by atoms with van der Waals surface area (Å²) < 4.78 is 7.11. The number of hydrogen-bond donors (Lipinski definition) is 2. The molecule has 0 unspecified atom stereocenters. The van der Waals surface area contributed by atoms with Crippen LogP contribution in [0.1, 0.15) is 35.0 Å². The van der Waals surface area contributed by atoms with Gasteiger partial charge in [-0.2, -0.15) is 0 Å². The molecule has 1 aromatic heterocycles. The molecule has 29 heavy (non-hydrogen) atoms. The van der Waals surface area contributed by atoms with Gasteiger partial charge in [0.25, 0.3) is 0 Å². The van der Waals surface area contributed by atoms with Crippen LogP contribution in [-0.2, 0) is 16.0 Å². The quantitative estimate of drug-likeness (QED) is 0.599. The van der Waals surface area contributed by atoms with Crippen LogP contribution in [0.15, 0.2) is 54.6 Å². The number of aromatic nitrogens is 1. The number of ether oxygens (including phenoxy) is 1. The number of carbonyl (C=O) groups is 2. The molecule has 0 radical (unpaired) electrons. The second-order valence-corrected chi connectivity index (χ2v) is 6.76. The zero-order valence-electron chi connectivity index (χ0n) is 16.5. The van der Waals surface area contributed by atoms with Crippen LogP contribution in [0.4, 0.5) is 0 Å². The van der Waals surface area contributed by atoms with Crippen LogP contribution in [0.3, 0.4) is 0 Å². The molecule has 3 rings (SSSR count). The summed E-state index contributed by atoms with van der Waals surface area (Å²) in [6, 6.07) is 16.2. The minimum absolute atomic E-state index is 0.191. The lowest BCUT2D eigenvalue weighted by Gasteiger charge is -2.17. The molecule has 6 nitrogen and oxygen atoms in total. The smallest absolute Gasteiger partial charge is 0.306 e. The molecule has 0 bridgehead atoms. The fraction of sp³-hybridized carbons (Fsp3) is 0.217. The van der Waals surface area contributed by atoms with E-state index in [1.54, 1.807) is 31.2 Å². The summed E-state index contributed by atoms with van der Waals surface area (Å²) in [5.41, 5.74) is 10.4. The van der Waals surface area contributed by atoms with E-state index in [1.165, 1.54) is 0 Å². The number of aryl methyl sites for hydroxylation is 2. The van der Waals surface area contributed by atoms with E-state index < -0.39 is 5.91 Å². The molecule has 3 N–H and O–H groups in total. The van der Waals surface area contributed by atoms with Gasteiger partial charge in [0.1, 0.15) is 5.75 Å². The maximum Gasteiger partial charge on any atom is 0.306 e. The second-order valence-electron chi connectivity index (χ2n) is 6.76. The van der Waals surface area contributed by atoms with Crippen molar-refractivity contribution in [3.05, 3.63) is 71.4 Å². The summed E-state index contributed by atoms with van der Waals surface area (Å²) in [6.07, 6.45) is 0.777. The molecule has 0 saturated heterocycles. The number of phenolic OH excluding ortho intramolecular Hbond substituents is 1. The van der Waals surface area contributed by atoms with Crippen molar-refractivity contribution in [2.45, 2.75) is 26.7 Å². The second kappa shape index (κ2) is 8.65. The predicted octanol–water partition coefficient (Wildman–Crippen LogP) is 3.75. The van der Waals surface area contributed by atoms with Crippen LogP contribution >= 0.6 is 0 Å². The fourth-order valence-electron chi connectivity index (χ4n) is 3.34. The van der Waals surface area contributed by atoms with Gasteiger partial charge in [-0.05, 0) is 86.0 Å². The van der Waals surface area contributed by atoms with Gasteiger partial charge in [-0.15, -0.1) is 0 Å². The zero-order chi connectivity index (χ0) is 21.0. The van der Waals surface area contributed by atoms with Gasteiger partial charge in [0.15, 0.2) is 0 Å². The Labute approximate surface area is 169 Å². The Kier molecular flexibility index (Phi) is 6.02. The molecule has 0 aliphatic rings. The molecule has 0 fully saturated rings. The number of primary amides is 1. The van der Waals surface area contributed by atoms with Gasteiger partial charge in [-0.1, -0.05) is 0 Å². The lowest BCUT2D eigenvalue weighted by atomic mass is 10.1. The summed E-state index contributed by atoms with van der Waals surface area (Å²) >= 11 is 0. The third-order valence-corrected chi connectivity index (χ3v) is 4.74. The number of esters is 1. The number of phenols is 1. The number of rotatable bonds is 7. The maximum absolute atomic E-state index is 11.9. The molecular weight excluding hydrogens is 368 g/mol. The largest absolute Gasteiger partial charge is 0.508 e. The molecule has 150 valence electrons. The van der Waals surface area contributed by atoms with E-state index >= 15 is 0 Å². The normalized spacial score (nSPS) is 10.7. The van der Waals surface area contributed by atoms with E-state index in [0.717, 1.165) is 28.2 Å². The number of carbonyl (C=O) groups excluding carboxylic acids is 2.